The van der Waals surface area contributed by atoms with E-state index < -0.39 is 0 Å². The molecule has 0 spiro atoms. The summed E-state index contributed by atoms with van der Waals surface area (Å²) in [4.78, 5) is 0. The standard InChI is InChI=1S/C20H26O/c1-3-4-5-9-13-18-14-10-15-20(21-2)19(18)16-17-11-7-6-8-12-17/h6-8,10-12,14-15H,3-5,9,13,16H2,1-2H3. The lowest BCUT2D eigenvalue weighted by Gasteiger charge is -2.14. The lowest BCUT2D eigenvalue weighted by atomic mass is 9.95. The first-order valence-corrected chi connectivity index (χ1v) is 8.03. The highest BCUT2D eigenvalue weighted by Crippen LogP contribution is 2.26. The fourth-order valence-electron chi connectivity index (χ4n) is 2.78. The van der Waals surface area contributed by atoms with Crippen molar-refractivity contribution >= 4 is 0 Å². The predicted molar refractivity (Wildman–Crippen MR) is 90.1 cm³/mol. The zero-order valence-corrected chi connectivity index (χ0v) is 13.3. The molecule has 2 aromatic rings. The highest BCUT2D eigenvalue weighted by Gasteiger charge is 2.09. The lowest BCUT2D eigenvalue weighted by Crippen LogP contribution is -2.00. The number of methoxy groups -OCH3 is 1. The number of rotatable bonds is 8. The smallest absolute Gasteiger partial charge is 0.122 e. The van der Waals surface area contributed by atoms with Gasteiger partial charge in [0.15, 0.2) is 0 Å². The zero-order chi connectivity index (χ0) is 14.9. The van der Waals surface area contributed by atoms with Gasteiger partial charge < -0.3 is 4.74 Å². The first-order valence-electron chi connectivity index (χ1n) is 8.03. The van der Waals surface area contributed by atoms with E-state index in [0.717, 1.165) is 18.6 Å². The molecule has 0 aliphatic carbocycles. The molecule has 0 radical (unpaired) electrons. The van der Waals surface area contributed by atoms with Gasteiger partial charge in [-0.1, -0.05) is 68.7 Å². The Balaban J connectivity index is 2.16. The van der Waals surface area contributed by atoms with Crippen molar-refractivity contribution in [2.75, 3.05) is 7.11 Å². The second kappa shape index (κ2) is 8.51. The normalized spacial score (nSPS) is 10.6. The maximum Gasteiger partial charge on any atom is 0.122 e. The van der Waals surface area contributed by atoms with Crippen LogP contribution in [0.25, 0.3) is 0 Å². The molecule has 0 fully saturated rings. The molecule has 0 saturated carbocycles. The van der Waals surface area contributed by atoms with E-state index in [9.17, 15) is 0 Å². The van der Waals surface area contributed by atoms with Crippen LogP contribution in [0, 0.1) is 0 Å². The largest absolute Gasteiger partial charge is 0.496 e. The fourth-order valence-corrected chi connectivity index (χ4v) is 2.78. The van der Waals surface area contributed by atoms with Crippen molar-refractivity contribution in [1.29, 1.82) is 0 Å². The SMILES string of the molecule is CCCCCCc1cccc(OC)c1Cc1ccccc1. The molecule has 0 bridgehead atoms. The van der Waals surface area contributed by atoms with Gasteiger partial charge in [-0.25, -0.2) is 0 Å². The van der Waals surface area contributed by atoms with Crippen LogP contribution in [0.1, 0.15) is 49.3 Å². The van der Waals surface area contributed by atoms with Gasteiger partial charge >= 0.3 is 0 Å². The molecule has 1 nitrogen and oxygen atoms in total. The molecule has 0 aliphatic rings. The third-order valence-electron chi connectivity index (χ3n) is 3.97. The number of hydrogen-bond donors (Lipinski definition) is 0. The summed E-state index contributed by atoms with van der Waals surface area (Å²) >= 11 is 0. The molecule has 2 rings (SSSR count). The second-order valence-corrected chi connectivity index (χ2v) is 5.57. The minimum Gasteiger partial charge on any atom is -0.496 e. The van der Waals surface area contributed by atoms with Gasteiger partial charge in [0.05, 0.1) is 7.11 Å². The van der Waals surface area contributed by atoms with Crippen molar-refractivity contribution in [1.82, 2.24) is 0 Å². The average Bonchev–Trinajstić information content (AvgIpc) is 2.53. The lowest BCUT2D eigenvalue weighted by molar-refractivity contribution is 0.409. The van der Waals surface area contributed by atoms with E-state index >= 15 is 0 Å². The Hall–Kier alpha value is -1.76. The molecule has 0 atom stereocenters. The van der Waals surface area contributed by atoms with Crippen molar-refractivity contribution in [3.63, 3.8) is 0 Å². The Morgan fingerprint density at radius 3 is 2.38 bits per heavy atom. The summed E-state index contributed by atoms with van der Waals surface area (Å²) in [6, 6.07) is 17.1. The third-order valence-corrected chi connectivity index (χ3v) is 3.97. The van der Waals surface area contributed by atoms with E-state index in [4.69, 9.17) is 4.74 Å². The maximum atomic E-state index is 5.59. The van der Waals surface area contributed by atoms with Crippen molar-refractivity contribution in [3.05, 3.63) is 65.2 Å². The fraction of sp³-hybridized carbons (Fsp3) is 0.400. The molecule has 112 valence electrons. The molecule has 0 aromatic heterocycles. The van der Waals surface area contributed by atoms with Crippen LogP contribution in [-0.4, -0.2) is 7.11 Å². The quantitative estimate of drug-likeness (QED) is 0.588. The van der Waals surface area contributed by atoms with Gasteiger partial charge in [0.2, 0.25) is 0 Å². The molecule has 0 saturated heterocycles. The highest BCUT2D eigenvalue weighted by atomic mass is 16.5. The van der Waals surface area contributed by atoms with E-state index in [0.29, 0.717) is 0 Å². The molecule has 21 heavy (non-hydrogen) atoms. The van der Waals surface area contributed by atoms with E-state index in [2.05, 4.69) is 55.5 Å². The van der Waals surface area contributed by atoms with Gasteiger partial charge in [0.1, 0.15) is 5.75 Å². The van der Waals surface area contributed by atoms with Gasteiger partial charge in [-0.15, -0.1) is 0 Å². The number of hydrogen-bond acceptors (Lipinski definition) is 1. The summed E-state index contributed by atoms with van der Waals surface area (Å²) in [5.74, 6) is 1.02. The molecular formula is C20H26O. The summed E-state index contributed by atoms with van der Waals surface area (Å²) in [6.07, 6.45) is 7.31. The monoisotopic (exact) mass is 282 g/mol. The van der Waals surface area contributed by atoms with Gasteiger partial charge in [-0.2, -0.15) is 0 Å². The van der Waals surface area contributed by atoms with Gasteiger partial charge in [0, 0.05) is 12.0 Å². The molecule has 1 heteroatoms. The Labute approximate surface area is 129 Å². The topological polar surface area (TPSA) is 9.23 Å². The third kappa shape index (κ3) is 4.63. The van der Waals surface area contributed by atoms with Crippen molar-refractivity contribution in [2.45, 2.75) is 45.4 Å². The van der Waals surface area contributed by atoms with Crippen LogP contribution in [-0.2, 0) is 12.8 Å². The van der Waals surface area contributed by atoms with Crippen LogP contribution in [0.5, 0.6) is 5.75 Å². The van der Waals surface area contributed by atoms with E-state index in [1.165, 1.54) is 42.4 Å². The summed E-state index contributed by atoms with van der Waals surface area (Å²) in [5, 5.41) is 0. The molecule has 0 N–H and O–H groups in total. The average molecular weight is 282 g/mol. The van der Waals surface area contributed by atoms with Gasteiger partial charge in [0.25, 0.3) is 0 Å². The summed E-state index contributed by atoms with van der Waals surface area (Å²) < 4.78 is 5.59. The molecule has 2 aromatic carbocycles. The zero-order valence-electron chi connectivity index (χ0n) is 13.3. The number of unbranched alkanes of at least 4 members (excludes halogenated alkanes) is 3. The number of benzene rings is 2. The first kappa shape index (κ1) is 15.6. The molecule has 0 aliphatic heterocycles. The first-order chi connectivity index (χ1) is 10.3. The van der Waals surface area contributed by atoms with Gasteiger partial charge in [-0.3, -0.25) is 0 Å². The van der Waals surface area contributed by atoms with Crippen LogP contribution in [0.3, 0.4) is 0 Å². The Bertz CT molecular complexity index is 531. The highest BCUT2D eigenvalue weighted by molar-refractivity contribution is 5.43. The Morgan fingerprint density at radius 1 is 0.857 bits per heavy atom. The maximum absolute atomic E-state index is 5.59. The summed E-state index contributed by atoms with van der Waals surface area (Å²) in [6.45, 7) is 2.26. The number of ether oxygens (including phenoxy) is 1. The number of aryl methyl sites for hydroxylation is 1. The van der Waals surface area contributed by atoms with E-state index in [-0.39, 0.29) is 0 Å². The van der Waals surface area contributed by atoms with Gasteiger partial charge in [-0.05, 0) is 30.0 Å². The van der Waals surface area contributed by atoms with Crippen LogP contribution < -0.4 is 4.74 Å². The summed E-state index contributed by atoms with van der Waals surface area (Å²) in [5.41, 5.74) is 4.13. The molecule has 0 heterocycles. The van der Waals surface area contributed by atoms with Crippen molar-refractivity contribution in [3.8, 4) is 5.75 Å². The van der Waals surface area contributed by atoms with E-state index in [1.54, 1.807) is 7.11 Å². The van der Waals surface area contributed by atoms with E-state index in [1.807, 2.05) is 0 Å². The predicted octanol–water partition coefficient (Wildman–Crippen LogP) is 5.41. The van der Waals surface area contributed by atoms with Crippen LogP contribution in [0.2, 0.25) is 0 Å². The minimum atomic E-state index is 0.952. The summed E-state index contributed by atoms with van der Waals surface area (Å²) in [7, 11) is 1.77. The molecular weight excluding hydrogens is 256 g/mol. The van der Waals surface area contributed by atoms with Crippen LogP contribution >= 0.6 is 0 Å². The molecule has 0 amide bonds. The van der Waals surface area contributed by atoms with Crippen LogP contribution in [0.15, 0.2) is 48.5 Å². The van der Waals surface area contributed by atoms with Crippen molar-refractivity contribution in [2.24, 2.45) is 0 Å². The minimum absolute atomic E-state index is 0.952. The molecule has 0 unspecified atom stereocenters. The Morgan fingerprint density at radius 2 is 1.67 bits per heavy atom. The van der Waals surface area contributed by atoms with Crippen molar-refractivity contribution < 1.29 is 4.74 Å². The Kier molecular flexibility index (Phi) is 6.33. The van der Waals surface area contributed by atoms with Crippen LogP contribution in [0.4, 0.5) is 0 Å². The second-order valence-electron chi connectivity index (χ2n) is 5.57.